The van der Waals surface area contributed by atoms with E-state index in [0.29, 0.717) is 29.6 Å². The Balaban J connectivity index is 1.14. The molecule has 3 fully saturated rings. The Morgan fingerprint density at radius 3 is 1.70 bits per heavy atom. The predicted molar refractivity (Wildman–Crippen MR) is 187 cm³/mol. The molecule has 0 radical (unpaired) electrons. The third-order valence-electron chi connectivity index (χ3n) is 11.4. The molecule has 2 aromatic carbocycles. The molecule has 0 aromatic heterocycles. The zero-order valence-corrected chi connectivity index (χ0v) is 29.1. The summed E-state index contributed by atoms with van der Waals surface area (Å²) < 4.78 is 19.7. The van der Waals surface area contributed by atoms with Gasteiger partial charge in [0.15, 0.2) is 6.79 Å². The van der Waals surface area contributed by atoms with Crippen LogP contribution in [0.1, 0.15) is 140 Å². The number of benzene rings is 2. The van der Waals surface area contributed by atoms with Crippen molar-refractivity contribution in [2.45, 2.75) is 153 Å². The molecule has 3 aliphatic heterocycles. The number of hydrogen-bond acceptors (Lipinski definition) is 5. The number of rotatable bonds is 20. The molecule has 6 nitrogen and oxygen atoms in total. The summed E-state index contributed by atoms with van der Waals surface area (Å²) in [5.41, 5.74) is -0.181. The number of piperidine rings is 1. The zero-order chi connectivity index (χ0) is 32.8. The average Bonchev–Trinajstić information content (AvgIpc) is 3.64. The lowest BCUT2D eigenvalue weighted by Crippen LogP contribution is -2.60. The van der Waals surface area contributed by atoms with Crippen LogP contribution in [0.5, 0.6) is 0 Å². The molecule has 2 atom stereocenters. The summed E-state index contributed by atoms with van der Waals surface area (Å²) in [6, 6.07) is 20.3. The highest BCUT2D eigenvalue weighted by molar-refractivity contribution is 5.86. The molecule has 258 valence electrons. The molecule has 0 N–H and O–H groups in total. The quantitative estimate of drug-likeness (QED) is 0.0621. The van der Waals surface area contributed by atoms with E-state index in [2.05, 4.69) is 6.92 Å². The van der Waals surface area contributed by atoms with E-state index < -0.39 is 11.6 Å². The van der Waals surface area contributed by atoms with E-state index in [1.54, 1.807) is 0 Å². The van der Waals surface area contributed by atoms with Gasteiger partial charge in [0, 0.05) is 44.9 Å². The van der Waals surface area contributed by atoms with Crippen molar-refractivity contribution in [3.8, 4) is 0 Å². The van der Waals surface area contributed by atoms with Gasteiger partial charge in [0.05, 0.1) is 25.2 Å². The monoisotopic (exact) mass is 646 g/mol. The van der Waals surface area contributed by atoms with Crippen LogP contribution >= 0.6 is 0 Å². The van der Waals surface area contributed by atoms with Gasteiger partial charge < -0.3 is 18.7 Å². The van der Waals surface area contributed by atoms with Crippen LogP contribution in [0.15, 0.2) is 60.7 Å². The normalized spacial score (nSPS) is 21.6. The molecule has 47 heavy (non-hydrogen) atoms. The van der Waals surface area contributed by atoms with Crippen LogP contribution < -0.4 is 0 Å². The van der Waals surface area contributed by atoms with Gasteiger partial charge in [-0.2, -0.15) is 0 Å². The van der Waals surface area contributed by atoms with Crippen LogP contribution in [-0.4, -0.2) is 54.5 Å². The average molecular weight is 647 g/mol. The maximum absolute atomic E-state index is 14.5. The summed E-state index contributed by atoms with van der Waals surface area (Å²) in [6.45, 7) is 4.51. The number of carbonyl (C=O) groups is 2. The van der Waals surface area contributed by atoms with Crippen LogP contribution in [0.25, 0.3) is 0 Å². The summed E-state index contributed by atoms with van der Waals surface area (Å²) in [5, 5.41) is 0. The first-order chi connectivity index (χ1) is 23.1. The molecule has 6 heteroatoms. The van der Waals surface area contributed by atoms with Crippen LogP contribution in [0, 0.1) is 0 Å². The number of nitrogens with zero attached hydrogens (tertiary/aromatic N) is 1. The minimum absolute atomic E-state index is 0.131. The van der Waals surface area contributed by atoms with Crippen LogP contribution in [0.2, 0.25) is 0 Å². The summed E-state index contributed by atoms with van der Waals surface area (Å²) in [6.07, 6.45) is 22.1. The largest absolute Gasteiger partial charge is 0.459 e. The van der Waals surface area contributed by atoms with E-state index in [1.807, 2.05) is 60.7 Å². The predicted octanol–water partition coefficient (Wildman–Crippen LogP) is 9.39. The molecule has 3 saturated heterocycles. The van der Waals surface area contributed by atoms with E-state index in [1.165, 1.54) is 101 Å². The van der Waals surface area contributed by atoms with E-state index in [0.717, 1.165) is 32.1 Å². The Labute approximate surface area is 284 Å². The van der Waals surface area contributed by atoms with Gasteiger partial charge in [0.25, 0.3) is 0 Å². The zero-order valence-electron chi connectivity index (χ0n) is 29.1. The number of ether oxygens (including phenoxy) is 3. The minimum atomic E-state index is -1.53. The molecular formula is C41H60NO5+. The van der Waals surface area contributed by atoms with Crippen molar-refractivity contribution >= 4 is 11.9 Å². The number of unbranched alkanes of at least 4 members (excludes halogenated alkanes) is 11. The Morgan fingerprint density at radius 1 is 0.702 bits per heavy atom. The Bertz CT molecular complexity index is 1160. The molecule has 5 rings (SSSR count). The lowest BCUT2D eigenvalue weighted by molar-refractivity contribution is -0.956. The highest BCUT2D eigenvalue weighted by Crippen LogP contribution is 2.47. The lowest BCUT2D eigenvalue weighted by Gasteiger charge is -2.47. The van der Waals surface area contributed by atoms with Crippen molar-refractivity contribution in [1.82, 2.24) is 0 Å². The topological polar surface area (TPSA) is 61.8 Å². The van der Waals surface area contributed by atoms with Gasteiger partial charge in [-0.15, -0.1) is 0 Å². The molecule has 0 aliphatic carbocycles. The van der Waals surface area contributed by atoms with E-state index >= 15 is 0 Å². The van der Waals surface area contributed by atoms with Gasteiger partial charge in [0.1, 0.15) is 6.10 Å². The second-order valence-electron chi connectivity index (χ2n) is 14.5. The first-order valence-electron chi connectivity index (χ1n) is 19.1. The Hall–Kier alpha value is -2.70. The van der Waals surface area contributed by atoms with Gasteiger partial charge in [-0.3, -0.25) is 4.79 Å². The van der Waals surface area contributed by atoms with Gasteiger partial charge in [0.2, 0.25) is 5.60 Å². The van der Waals surface area contributed by atoms with Crippen molar-refractivity contribution in [3.63, 3.8) is 0 Å². The second kappa shape index (κ2) is 18.2. The molecular weight excluding hydrogens is 586 g/mol. The van der Waals surface area contributed by atoms with Gasteiger partial charge in [-0.1, -0.05) is 138 Å². The maximum atomic E-state index is 14.5. The molecule has 0 amide bonds. The fourth-order valence-corrected chi connectivity index (χ4v) is 8.88. The molecule has 2 bridgehead atoms. The molecule has 2 aromatic rings. The molecule has 1 spiro atoms. The highest BCUT2D eigenvalue weighted by atomic mass is 16.7. The number of quaternary nitrogens is 1. The number of hydrogen-bond donors (Lipinski definition) is 0. The van der Waals surface area contributed by atoms with Crippen LogP contribution in [0.3, 0.4) is 0 Å². The smallest absolute Gasteiger partial charge is 0.348 e. The first-order valence-corrected chi connectivity index (χ1v) is 19.1. The Morgan fingerprint density at radius 2 is 1.19 bits per heavy atom. The second-order valence-corrected chi connectivity index (χ2v) is 14.5. The summed E-state index contributed by atoms with van der Waals surface area (Å²) in [7, 11) is 0. The number of esters is 2. The fourth-order valence-electron chi connectivity index (χ4n) is 8.88. The SMILES string of the molecule is CCCCCCCCCCCCCCC(=O)OCOC(C(=O)OC1CC2CCC(C1)[N+]21CCCC1)(c1ccccc1)c1ccccc1. The standard InChI is InChI=1S/C41H60NO5/c1-2-3-4-5-6-7-8-9-10-11-12-19-26-39(43)45-33-46-41(34-22-15-13-16-23-34,35-24-17-14-18-25-35)40(44)47-38-31-36-27-28-37(32-38)42(36)29-20-21-30-42/h13-18,22-25,36-38H,2-12,19-21,26-33H2,1H3/q+1. The summed E-state index contributed by atoms with van der Waals surface area (Å²) in [5.74, 6) is -0.713. The number of carbonyl (C=O) groups excluding carboxylic acids is 2. The first kappa shape index (κ1) is 35.6. The summed E-state index contributed by atoms with van der Waals surface area (Å²) >= 11 is 0. The molecule has 3 aliphatic rings. The van der Waals surface area contributed by atoms with E-state index in [9.17, 15) is 9.59 Å². The Kier molecular flexibility index (Phi) is 13.8. The minimum Gasteiger partial charge on any atom is -0.459 e. The highest BCUT2D eigenvalue weighted by Gasteiger charge is 2.57. The van der Waals surface area contributed by atoms with Crippen molar-refractivity contribution < 1.29 is 28.3 Å². The molecule has 3 heterocycles. The van der Waals surface area contributed by atoms with Crippen molar-refractivity contribution in [2.24, 2.45) is 0 Å². The van der Waals surface area contributed by atoms with Crippen LogP contribution in [0.4, 0.5) is 0 Å². The lowest BCUT2D eigenvalue weighted by atomic mass is 9.85. The van der Waals surface area contributed by atoms with E-state index in [-0.39, 0.29) is 18.9 Å². The van der Waals surface area contributed by atoms with Crippen molar-refractivity contribution in [3.05, 3.63) is 71.8 Å². The van der Waals surface area contributed by atoms with Crippen molar-refractivity contribution in [2.75, 3.05) is 19.9 Å². The van der Waals surface area contributed by atoms with Crippen LogP contribution in [-0.2, 0) is 29.4 Å². The van der Waals surface area contributed by atoms with Gasteiger partial charge >= 0.3 is 11.9 Å². The third-order valence-corrected chi connectivity index (χ3v) is 11.4. The summed E-state index contributed by atoms with van der Waals surface area (Å²) in [4.78, 5) is 27.2. The fraction of sp³-hybridized carbons (Fsp3) is 0.659. The van der Waals surface area contributed by atoms with Gasteiger partial charge in [-0.25, -0.2) is 4.79 Å². The molecule has 0 saturated carbocycles. The van der Waals surface area contributed by atoms with E-state index in [4.69, 9.17) is 14.2 Å². The van der Waals surface area contributed by atoms with Crippen molar-refractivity contribution in [1.29, 1.82) is 0 Å². The maximum Gasteiger partial charge on any atom is 0.348 e. The molecule has 2 unspecified atom stereocenters. The van der Waals surface area contributed by atoms with Gasteiger partial charge in [-0.05, 0) is 17.5 Å². The third kappa shape index (κ3) is 9.06.